The van der Waals surface area contributed by atoms with E-state index in [1.165, 1.54) is 33.8 Å². The third-order valence-electron chi connectivity index (χ3n) is 5.78. The van der Waals surface area contributed by atoms with E-state index in [2.05, 4.69) is 21.1 Å². The second-order valence-electron chi connectivity index (χ2n) is 7.79. The molecule has 3 aromatic heterocycles. The number of hydrogen-bond acceptors (Lipinski definition) is 7. The van der Waals surface area contributed by atoms with Crippen molar-refractivity contribution in [1.82, 2.24) is 29.1 Å². The van der Waals surface area contributed by atoms with Gasteiger partial charge in [-0.1, -0.05) is 0 Å². The molecule has 2 bridgehead atoms. The summed E-state index contributed by atoms with van der Waals surface area (Å²) in [6.45, 7) is 1.89. The molecule has 166 valence electrons. The van der Waals surface area contributed by atoms with E-state index in [0.29, 0.717) is 33.8 Å². The van der Waals surface area contributed by atoms with Gasteiger partial charge in [-0.2, -0.15) is 10.4 Å². The molecule has 11 heteroatoms. The van der Waals surface area contributed by atoms with Crippen molar-refractivity contribution in [3.63, 3.8) is 0 Å². The molecule has 4 aromatic rings. The molecule has 1 aromatic carbocycles. The number of nitrogens with zero attached hydrogens (tertiary/aromatic N) is 7. The van der Waals surface area contributed by atoms with E-state index in [1.807, 2.05) is 0 Å². The van der Waals surface area contributed by atoms with Gasteiger partial charge >= 0.3 is 0 Å². The number of halogens is 1. The lowest BCUT2D eigenvalue weighted by Gasteiger charge is -2.21. The first kappa shape index (κ1) is 20.4. The zero-order valence-electron chi connectivity index (χ0n) is 18.1. The van der Waals surface area contributed by atoms with Crippen LogP contribution in [0.3, 0.4) is 0 Å². The summed E-state index contributed by atoms with van der Waals surface area (Å²) in [5.74, 6) is -0.333. The second kappa shape index (κ2) is 7.30. The SMILES string of the molecule is CC1Oc2nc(cnc2N)-c2c(nn(C)c2C#N)Cn2c(cc(=O)n2C)-c2ccc(F)cc21. The molecule has 2 N–H and O–H groups in total. The molecule has 5 rings (SSSR count). The van der Waals surface area contributed by atoms with Crippen LogP contribution in [0.1, 0.15) is 30.0 Å². The summed E-state index contributed by atoms with van der Waals surface area (Å²) in [5.41, 5.74) is 9.06. The topological polar surface area (TPSA) is 130 Å². The van der Waals surface area contributed by atoms with Gasteiger partial charge in [-0.25, -0.2) is 14.4 Å². The van der Waals surface area contributed by atoms with Crippen LogP contribution in [-0.4, -0.2) is 29.1 Å². The molecular weight excluding hydrogens is 427 g/mol. The monoisotopic (exact) mass is 446 g/mol. The highest BCUT2D eigenvalue weighted by Crippen LogP contribution is 2.35. The first-order valence-electron chi connectivity index (χ1n) is 10.1. The summed E-state index contributed by atoms with van der Waals surface area (Å²) in [6.07, 6.45) is 0.776. The average molecular weight is 446 g/mol. The van der Waals surface area contributed by atoms with E-state index in [0.717, 1.165) is 0 Å². The first-order chi connectivity index (χ1) is 15.8. The van der Waals surface area contributed by atoms with Crippen LogP contribution in [-0.2, 0) is 20.6 Å². The summed E-state index contributed by atoms with van der Waals surface area (Å²) in [6, 6.07) is 7.93. The summed E-state index contributed by atoms with van der Waals surface area (Å²) in [7, 11) is 3.29. The fourth-order valence-corrected chi connectivity index (χ4v) is 4.13. The average Bonchev–Trinajstić information content (AvgIpc) is 3.25. The maximum absolute atomic E-state index is 14.2. The molecule has 0 saturated heterocycles. The number of nitrogen functional groups attached to an aromatic ring is 1. The van der Waals surface area contributed by atoms with Gasteiger partial charge in [0.1, 0.15) is 23.7 Å². The molecule has 0 fully saturated rings. The number of anilines is 1. The van der Waals surface area contributed by atoms with Crippen LogP contribution in [0.2, 0.25) is 0 Å². The van der Waals surface area contributed by atoms with Crippen molar-refractivity contribution in [3.05, 3.63) is 63.6 Å². The molecule has 1 unspecified atom stereocenters. The number of aromatic nitrogens is 6. The maximum atomic E-state index is 14.2. The van der Waals surface area contributed by atoms with Crippen LogP contribution in [0, 0.1) is 17.1 Å². The van der Waals surface area contributed by atoms with Crippen molar-refractivity contribution < 1.29 is 9.13 Å². The normalized spacial score (nSPS) is 14.7. The Bertz CT molecular complexity index is 1520. The van der Waals surface area contributed by atoms with E-state index in [1.54, 1.807) is 31.8 Å². The van der Waals surface area contributed by atoms with Gasteiger partial charge in [-0.15, -0.1) is 0 Å². The molecule has 0 aliphatic carbocycles. The van der Waals surface area contributed by atoms with Crippen LogP contribution in [0.5, 0.6) is 5.88 Å². The Hall–Kier alpha value is -4.46. The fourth-order valence-electron chi connectivity index (χ4n) is 4.13. The van der Waals surface area contributed by atoms with E-state index >= 15 is 0 Å². The molecule has 0 spiro atoms. The van der Waals surface area contributed by atoms with Crippen molar-refractivity contribution in [3.8, 4) is 34.5 Å². The molecule has 0 radical (unpaired) electrons. The molecule has 33 heavy (non-hydrogen) atoms. The molecule has 10 nitrogen and oxygen atoms in total. The highest BCUT2D eigenvalue weighted by molar-refractivity contribution is 5.70. The summed E-state index contributed by atoms with van der Waals surface area (Å²) in [5, 5.41) is 14.3. The lowest BCUT2D eigenvalue weighted by atomic mass is 10.00. The molecule has 0 amide bonds. The van der Waals surface area contributed by atoms with Gasteiger partial charge in [0.2, 0.25) is 0 Å². The lowest BCUT2D eigenvalue weighted by Crippen LogP contribution is -2.21. The van der Waals surface area contributed by atoms with Gasteiger partial charge in [-0.05, 0) is 25.1 Å². The Morgan fingerprint density at radius 2 is 2.09 bits per heavy atom. The first-order valence-corrected chi connectivity index (χ1v) is 10.1. The predicted octanol–water partition coefficient (Wildman–Crippen LogP) is 2.14. The number of nitrogens with two attached hydrogens (primary N) is 1. The van der Waals surface area contributed by atoms with E-state index in [-0.39, 0.29) is 29.5 Å². The Kier molecular flexibility index (Phi) is 4.52. The van der Waals surface area contributed by atoms with Crippen LogP contribution in [0.15, 0.2) is 35.3 Å². The van der Waals surface area contributed by atoms with Crippen LogP contribution in [0.25, 0.3) is 22.5 Å². The molecule has 1 aliphatic heterocycles. The highest BCUT2D eigenvalue weighted by atomic mass is 19.1. The summed E-state index contributed by atoms with van der Waals surface area (Å²) < 4.78 is 24.9. The number of ether oxygens (including phenoxy) is 1. The summed E-state index contributed by atoms with van der Waals surface area (Å²) in [4.78, 5) is 21.4. The molecule has 1 atom stereocenters. The van der Waals surface area contributed by atoms with Gasteiger partial charge in [-0.3, -0.25) is 18.8 Å². The van der Waals surface area contributed by atoms with Gasteiger partial charge in [0.25, 0.3) is 11.4 Å². The lowest BCUT2D eigenvalue weighted by molar-refractivity contribution is 0.218. The third-order valence-corrected chi connectivity index (χ3v) is 5.78. The number of fused-ring (bicyclic) bond motifs is 7. The third kappa shape index (κ3) is 3.15. The minimum absolute atomic E-state index is 0.0555. The minimum Gasteiger partial charge on any atom is -0.467 e. The van der Waals surface area contributed by atoms with Gasteiger partial charge in [0.05, 0.1) is 35.4 Å². The standard InChI is InChI=1S/C22H19FN8O2/c1-11-14-6-12(23)4-5-13(14)17-7-19(32)30(3)31(17)10-16-20(18(8-24)29(2)28-16)15-9-26-21(25)22(27-15)33-11/h4-7,9,11H,10H2,1-3H3,(H2,25,26). The van der Waals surface area contributed by atoms with Gasteiger partial charge < -0.3 is 10.5 Å². The fraction of sp³-hybridized carbons (Fsp3) is 0.227. The number of rotatable bonds is 0. The van der Waals surface area contributed by atoms with E-state index in [4.69, 9.17) is 10.5 Å². The Labute approximate surface area is 187 Å². The van der Waals surface area contributed by atoms with Crippen LogP contribution < -0.4 is 16.0 Å². The zero-order chi connectivity index (χ0) is 23.4. The smallest absolute Gasteiger partial charge is 0.267 e. The molecule has 0 saturated carbocycles. The van der Waals surface area contributed by atoms with Crippen molar-refractivity contribution in [2.45, 2.75) is 19.6 Å². The number of nitriles is 1. The minimum atomic E-state index is -0.672. The number of hydrogen-bond donors (Lipinski definition) is 1. The van der Waals surface area contributed by atoms with Crippen molar-refractivity contribution in [1.29, 1.82) is 5.26 Å². The maximum Gasteiger partial charge on any atom is 0.267 e. The van der Waals surface area contributed by atoms with Crippen molar-refractivity contribution in [2.75, 3.05) is 5.73 Å². The van der Waals surface area contributed by atoms with Gasteiger partial charge in [0, 0.05) is 31.3 Å². The largest absolute Gasteiger partial charge is 0.467 e. The van der Waals surface area contributed by atoms with Crippen molar-refractivity contribution in [2.24, 2.45) is 14.1 Å². The Morgan fingerprint density at radius 3 is 2.85 bits per heavy atom. The van der Waals surface area contributed by atoms with Crippen LogP contribution in [0.4, 0.5) is 10.2 Å². The van der Waals surface area contributed by atoms with E-state index < -0.39 is 11.9 Å². The highest BCUT2D eigenvalue weighted by Gasteiger charge is 2.26. The summed E-state index contributed by atoms with van der Waals surface area (Å²) >= 11 is 0. The Balaban J connectivity index is 1.88. The quantitative estimate of drug-likeness (QED) is 0.438. The van der Waals surface area contributed by atoms with Gasteiger partial charge in [0.15, 0.2) is 5.82 Å². The predicted molar refractivity (Wildman–Crippen MR) is 117 cm³/mol. The molecular formula is C22H19FN8O2. The molecule has 4 heterocycles. The van der Waals surface area contributed by atoms with Crippen molar-refractivity contribution >= 4 is 5.82 Å². The second-order valence-corrected chi connectivity index (χ2v) is 7.79. The van der Waals surface area contributed by atoms with Crippen LogP contribution >= 0.6 is 0 Å². The number of aryl methyl sites for hydroxylation is 1. The molecule has 1 aliphatic rings. The zero-order valence-corrected chi connectivity index (χ0v) is 18.1. The van der Waals surface area contributed by atoms with E-state index in [9.17, 15) is 14.4 Å². The Morgan fingerprint density at radius 1 is 1.30 bits per heavy atom. The number of benzene rings is 1.